The molecule has 1 aromatic heterocycles. The monoisotopic (exact) mass is 313 g/mol. The summed E-state index contributed by atoms with van der Waals surface area (Å²) in [5, 5.41) is 11.4. The molecule has 7 nitrogen and oxygen atoms in total. The third-order valence-corrected chi connectivity index (χ3v) is 3.99. The zero-order valence-corrected chi connectivity index (χ0v) is 13.7. The van der Waals surface area contributed by atoms with Crippen molar-refractivity contribution in [1.82, 2.24) is 20.1 Å². The fraction of sp³-hybridized carbons (Fsp3) is 0.692. The van der Waals surface area contributed by atoms with E-state index in [1.165, 1.54) is 11.8 Å². The molecule has 0 aliphatic carbocycles. The summed E-state index contributed by atoms with van der Waals surface area (Å²) in [6, 6.07) is 0. The van der Waals surface area contributed by atoms with Crippen LogP contribution in [-0.2, 0) is 23.1 Å². The number of aryl methyl sites for hydroxylation is 1. The summed E-state index contributed by atoms with van der Waals surface area (Å²) < 4.78 is 1.79. The van der Waals surface area contributed by atoms with Crippen molar-refractivity contribution in [2.24, 2.45) is 18.7 Å². The Morgan fingerprint density at radius 1 is 1.33 bits per heavy atom. The number of aromatic nitrogens is 3. The minimum atomic E-state index is -0.367. The molecule has 1 rings (SSSR count). The van der Waals surface area contributed by atoms with Crippen molar-refractivity contribution in [3.8, 4) is 0 Å². The lowest BCUT2D eigenvalue weighted by molar-refractivity contribution is -0.120. The van der Waals surface area contributed by atoms with Crippen LogP contribution in [0.25, 0.3) is 0 Å². The Morgan fingerprint density at radius 3 is 2.57 bits per heavy atom. The Labute approximate surface area is 129 Å². The molecule has 0 aromatic carbocycles. The molecule has 0 unspecified atom stereocenters. The van der Waals surface area contributed by atoms with Crippen LogP contribution < -0.4 is 11.1 Å². The molecule has 0 saturated heterocycles. The van der Waals surface area contributed by atoms with Gasteiger partial charge in [-0.3, -0.25) is 9.59 Å². The van der Waals surface area contributed by atoms with E-state index in [1.54, 1.807) is 4.57 Å². The first-order valence-electron chi connectivity index (χ1n) is 6.92. The minimum absolute atomic E-state index is 0.0182. The lowest BCUT2D eigenvalue weighted by Crippen LogP contribution is -2.33. The number of nitrogens with zero attached hydrogens (tertiary/aromatic N) is 3. The van der Waals surface area contributed by atoms with Gasteiger partial charge < -0.3 is 15.6 Å². The third-order valence-electron chi connectivity index (χ3n) is 2.86. The fourth-order valence-electron chi connectivity index (χ4n) is 1.56. The Morgan fingerprint density at radius 2 is 2.00 bits per heavy atom. The van der Waals surface area contributed by atoms with E-state index in [-0.39, 0.29) is 23.5 Å². The number of hydrogen-bond donors (Lipinski definition) is 2. The van der Waals surface area contributed by atoms with Gasteiger partial charge in [0.25, 0.3) is 0 Å². The molecule has 118 valence electrons. The van der Waals surface area contributed by atoms with Crippen LogP contribution in [0.3, 0.4) is 0 Å². The van der Waals surface area contributed by atoms with Gasteiger partial charge >= 0.3 is 0 Å². The zero-order chi connectivity index (χ0) is 16.0. The van der Waals surface area contributed by atoms with Crippen LogP contribution in [0, 0.1) is 5.92 Å². The maximum absolute atomic E-state index is 11.9. The van der Waals surface area contributed by atoms with Crippen molar-refractivity contribution >= 4 is 23.6 Å². The lowest BCUT2D eigenvalue weighted by atomic mass is 10.2. The van der Waals surface area contributed by atoms with Crippen molar-refractivity contribution in [1.29, 1.82) is 0 Å². The summed E-state index contributed by atoms with van der Waals surface area (Å²) in [6.45, 7) is 6.59. The van der Waals surface area contributed by atoms with Gasteiger partial charge in [-0.2, -0.15) is 0 Å². The highest BCUT2D eigenvalue weighted by Crippen LogP contribution is 2.21. The maximum atomic E-state index is 11.9. The molecule has 0 aliphatic heterocycles. The van der Waals surface area contributed by atoms with Gasteiger partial charge in [0.05, 0.1) is 5.25 Å². The molecule has 0 fully saturated rings. The summed E-state index contributed by atoms with van der Waals surface area (Å²) in [5.41, 5.74) is 5.12. The third kappa shape index (κ3) is 5.74. The summed E-state index contributed by atoms with van der Waals surface area (Å²) in [7, 11) is 1.82. The highest BCUT2D eigenvalue weighted by Gasteiger charge is 2.18. The van der Waals surface area contributed by atoms with Gasteiger partial charge in [-0.25, -0.2) is 0 Å². The molecular formula is C13H23N5O2S. The fourth-order valence-corrected chi connectivity index (χ4v) is 2.42. The van der Waals surface area contributed by atoms with Crippen LogP contribution in [0.1, 0.15) is 33.0 Å². The number of thioether (sulfide) groups is 1. The quantitative estimate of drug-likeness (QED) is 0.680. The minimum Gasteiger partial charge on any atom is -0.370 e. The van der Waals surface area contributed by atoms with E-state index in [2.05, 4.69) is 15.5 Å². The number of amides is 2. The second-order valence-electron chi connectivity index (χ2n) is 5.32. The van der Waals surface area contributed by atoms with Gasteiger partial charge in [-0.1, -0.05) is 25.6 Å². The first-order valence-corrected chi connectivity index (χ1v) is 7.80. The van der Waals surface area contributed by atoms with E-state index in [4.69, 9.17) is 5.73 Å². The zero-order valence-electron chi connectivity index (χ0n) is 12.9. The molecule has 0 aliphatic rings. The Hall–Kier alpha value is -1.57. The highest BCUT2D eigenvalue weighted by atomic mass is 32.2. The molecule has 1 aromatic rings. The van der Waals surface area contributed by atoms with Crippen molar-refractivity contribution in [2.75, 3.05) is 6.54 Å². The molecule has 0 radical (unpaired) electrons. The molecule has 3 N–H and O–H groups in total. The molecule has 1 atom stereocenters. The summed E-state index contributed by atoms with van der Waals surface area (Å²) in [4.78, 5) is 22.7. The van der Waals surface area contributed by atoms with Crippen LogP contribution in [0.5, 0.6) is 0 Å². The van der Waals surface area contributed by atoms with E-state index in [0.717, 1.165) is 0 Å². The van der Waals surface area contributed by atoms with E-state index in [1.807, 2.05) is 27.8 Å². The van der Waals surface area contributed by atoms with Crippen molar-refractivity contribution in [2.45, 2.75) is 44.0 Å². The average Bonchev–Trinajstić information content (AvgIpc) is 2.74. The van der Waals surface area contributed by atoms with E-state index in [0.29, 0.717) is 29.9 Å². The second kappa shape index (κ2) is 8.02. The molecular weight excluding hydrogens is 290 g/mol. The van der Waals surface area contributed by atoms with Gasteiger partial charge in [0.15, 0.2) is 5.16 Å². The van der Waals surface area contributed by atoms with Crippen molar-refractivity contribution in [3.63, 3.8) is 0 Å². The molecule has 2 amide bonds. The van der Waals surface area contributed by atoms with Crippen LogP contribution in [0.4, 0.5) is 0 Å². The maximum Gasteiger partial charge on any atom is 0.233 e. The largest absolute Gasteiger partial charge is 0.370 e. The Kier molecular flexibility index (Phi) is 6.67. The second-order valence-corrected chi connectivity index (χ2v) is 6.63. The SMILES string of the molecule is CC(C)CNC(=O)[C@@H](C)Sc1nnc(CCC(N)=O)n1C. The van der Waals surface area contributed by atoms with Crippen molar-refractivity contribution < 1.29 is 9.59 Å². The normalized spacial score (nSPS) is 12.4. The standard InChI is InChI=1S/C13H23N5O2S/c1-8(2)7-15-12(20)9(3)21-13-17-16-11(18(13)4)6-5-10(14)19/h8-9H,5-7H2,1-4H3,(H2,14,19)(H,15,20)/t9-/m1/s1. The van der Waals surface area contributed by atoms with Crippen LogP contribution in [0.2, 0.25) is 0 Å². The van der Waals surface area contributed by atoms with Crippen LogP contribution in [-0.4, -0.2) is 38.4 Å². The summed E-state index contributed by atoms with van der Waals surface area (Å²) in [6.07, 6.45) is 0.689. The number of nitrogens with two attached hydrogens (primary N) is 1. The highest BCUT2D eigenvalue weighted by molar-refractivity contribution is 8.00. The molecule has 0 saturated carbocycles. The number of carbonyl (C=O) groups is 2. The number of primary amides is 1. The molecule has 1 heterocycles. The number of carbonyl (C=O) groups excluding carboxylic acids is 2. The van der Waals surface area contributed by atoms with Crippen molar-refractivity contribution in [3.05, 3.63) is 5.82 Å². The van der Waals surface area contributed by atoms with Gasteiger partial charge in [0.1, 0.15) is 5.82 Å². The Bertz CT molecular complexity index is 501. The first kappa shape index (κ1) is 17.5. The number of hydrogen-bond acceptors (Lipinski definition) is 5. The van der Waals surface area contributed by atoms with E-state index < -0.39 is 0 Å². The number of nitrogens with one attached hydrogen (secondary N) is 1. The van der Waals surface area contributed by atoms with Gasteiger partial charge in [-0.15, -0.1) is 10.2 Å². The molecule has 21 heavy (non-hydrogen) atoms. The molecule has 8 heteroatoms. The molecule has 0 bridgehead atoms. The first-order chi connectivity index (χ1) is 9.81. The predicted molar refractivity (Wildman–Crippen MR) is 81.7 cm³/mol. The van der Waals surface area contributed by atoms with Crippen LogP contribution in [0.15, 0.2) is 5.16 Å². The van der Waals surface area contributed by atoms with E-state index in [9.17, 15) is 9.59 Å². The van der Waals surface area contributed by atoms with Gasteiger partial charge in [0.2, 0.25) is 11.8 Å². The van der Waals surface area contributed by atoms with Gasteiger partial charge in [0, 0.05) is 26.4 Å². The average molecular weight is 313 g/mol. The topological polar surface area (TPSA) is 103 Å². The summed E-state index contributed by atoms with van der Waals surface area (Å²) in [5.74, 6) is 0.719. The van der Waals surface area contributed by atoms with E-state index >= 15 is 0 Å². The lowest BCUT2D eigenvalue weighted by Gasteiger charge is -2.12. The Balaban J connectivity index is 2.58. The van der Waals surface area contributed by atoms with Gasteiger partial charge in [-0.05, 0) is 12.8 Å². The smallest absolute Gasteiger partial charge is 0.233 e. The predicted octanol–water partition coefficient (Wildman–Crippen LogP) is 0.486. The summed E-state index contributed by atoms with van der Waals surface area (Å²) >= 11 is 1.35. The number of rotatable bonds is 8. The van der Waals surface area contributed by atoms with Crippen LogP contribution >= 0.6 is 11.8 Å². The molecule has 0 spiro atoms.